The molecule has 0 radical (unpaired) electrons. The van der Waals surface area contributed by atoms with Gasteiger partial charge >= 0.3 is 6.03 Å². The number of carbonyl (C=O) groups is 1. The molecular formula is C17H29N3O2. The molecule has 5 nitrogen and oxygen atoms in total. The summed E-state index contributed by atoms with van der Waals surface area (Å²) in [7, 11) is 3.99. The van der Waals surface area contributed by atoms with Crippen molar-refractivity contribution in [3.05, 3.63) is 23.8 Å². The lowest BCUT2D eigenvalue weighted by molar-refractivity contribution is 0.201. The lowest BCUT2D eigenvalue weighted by Gasteiger charge is -2.23. The fourth-order valence-corrected chi connectivity index (χ4v) is 2.19. The van der Waals surface area contributed by atoms with E-state index in [2.05, 4.69) is 18.3 Å². The number of nitrogens with one attached hydrogen (secondary N) is 1. The smallest absolute Gasteiger partial charge is 0.321 e. The number of hydrogen-bond donors (Lipinski definition) is 2. The summed E-state index contributed by atoms with van der Waals surface area (Å²) in [6.07, 6.45) is 2.62. The summed E-state index contributed by atoms with van der Waals surface area (Å²) in [5.41, 5.74) is 2.98. The Bertz CT molecular complexity index is 467. The second-order valence-corrected chi connectivity index (χ2v) is 5.74. The van der Waals surface area contributed by atoms with Crippen LogP contribution in [0.1, 0.15) is 31.7 Å². The number of amides is 2. The normalized spacial score (nSPS) is 10.4. The zero-order valence-corrected chi connectivity index (χ0v) is 14.2. The number of aliphatic hydroxyl groups is 1. The zero-order chi connectivity index (χ0) is 16.5. The summed E-state index contributed by atoms with van der Waals surface area (Å²) in [4.78, 5) is 16.2. The first kappa shape index (κ1) is 18.3. The van der Waals surface area contributed by atoms with Gasteiger partial charge in [0, 0.05) is 45.2 Å². The molecule has 0 saturated carbocycles. The van der Waals surface area contributed by atoms with Gasteiger partial charge in [-0.2, -0.15) is 0 Å². The Kier molecular flexibility index (Phi) is 7.74. The van der Waals surface area contributed by atoms with Gasteiger partial charge in [-0.25, -0.2) is 4.79 Å². The monoisotopic (exact) mass is 307 g/mol. The van der Waals surface area contributed by atoms with Crippen molar-refractivity contribution >= 4 is 17.4 Å². The number of nitrogens with zero attached hydrogens (tertiary/aromatic N) is 2. The molecule has 2 amide bonds. The minimum absolute atomic E-state index is 0.0948. The molecule has 0 heterocycles. The largest absolute Gasteiger partial charge is 0.396 e. The first-order chi connectivity index (χ1) is 10.5. The van der Waals surface area contributed by atoms with Crippen molar-refractivity contribution in [1.82, 2.24) is 4.90 Å². The van der Waals surface area contributed by atoms with Crippen molar-refractivity contribution in [2.45, 2.75) is 33.1 Å². The van der Waals surface area contributed by atoms with Gasteiger partial charge in [0.15, 0.2) is 0 Å². The summed E-state index contributed by atoms with van der Waals surface area (Å²) in [6.45, 7) is 5.50. The molecule has 5 heteroatoms. The Hall–Kier alpha value is -1.75. The van der Waals surface area contributed by atoms with Crippen LogP contribution >= 0.6 is 0 Å². The number of aliphatic hydroxyl groups excluding tert-OH is 1. The highest BCUT2D eigenvalue weighted by molar-refractivity contribution is 5.90. The second-order valence-electron chi connectivity index (χ2n) is 5.74. The molecule has 22 heavy (non-hydrogen) atoms. The van der Waals surface area contributed by atoms with Gasteiger partial charge in [0.2, 0.25) is 0 Å². The Morgan fingerprint density at radius 3 is 2.45 bits per heavy atom. The summed E-state index contributed by atoms with van der Waals surface area (Å²) < 4.78 is 0. The maximum Gasteiger partial charge on any atom is 0.321 e. The van der Waals surface area contributed by atoms with Gasteiger partial charge in [0.1, 0.15) is 0 Å². The highest BCUT2D eigenvalue weighted by Crippen LogP contribution is 2.21. The molecule has 1 rings (SSSR count). The van der Waals surface area contributed by atoms with Gasteiger partial charge in [-0.1, -0.05) is 13.3 Å². The third kappa shape index (κ3) is 5.56. The molecule has 0 aliphatic carbocycles. The number of hydrogen-bond acceptors (Lipinski definition) is 3. The maximum absolute atomic E-state index is 12.4. The fraction of sp³-hybridized carbons (Fsp3) is 0.588. The van der Waals surface area contributed by atoms with E-state index in [1.807, 2.05) is 38.1 Å². The number of urea groups is 1. The van der Waals surface area contributed by atoms with Gasteiger partial charge in [0.25, 0.3) is 0 Å². The van der Waals surface area contributed by atoms with Gasteiger partial charge in [-0.3, -0.25) is 0 Å². The van der Waals surface area contributed by atoms with E-state index in [4.69, 9.17) is 5.11 Å². The van der Waals surface area contributed by atoms with Gasteiger partial charge in [0.05, 0.1) is 0 Å². The molecule has 124 valence electrons. The molecule has 0 bridgehead atoms. The summed E-state index contributed by atoms with van der Waals surface area (Å²) in [5, 5.41) is 12.0. The predicted molar refractivity (Wildman–Crippen MR) is 92.7 cm³/mol. The summed E-state index contributed by atoms with van der Waals surface area (Å²) in [5.74, 6) is 0. The molecule has 1 aromatic carbocycles. The SMILES string of the molecule is CCCCN(CCCO)C(=O)Nc1ccc(N(C)C)cc1C. The third-order valence-electron chi connectivity index (χ3n) is 3.62. The van der Waals surface area contributed by atoms with E-state index >= 15 is 0 Å². The van der Waals surface area contributed by atoms with Crippen LogP contribution < -0.4 is 10.2 Å². The lowest BCUT2D eigenvalue weighted by atomic mass is 10.1. The third-order valence-corrected chi connectivity index (χ3v) is 3.62. The van der Waals surface area contributed by atoms with E-state index in [1.165, 1.54) is 0 Å². The molecule has 0 aromatic heterocycles. The van der Waals surface area contributed by atoms with E-state index in [0.717, 1.165) is 36.3 Å². The minimum Gasteiger partial charge on any atom is -0.396 e. The number of benzene rings is 1. The molecule has 0 spiro atoms. The highest BCUT2D eigenvalue weighted by Gasteiger charge is 2.14. The van der Waals surface area contributed by atoms with Crippen LogP contribution in [0.5, 0.6) is 0 Å². The van der Waals surface area contributed by atoms with Crippen LogP contribution in [0, 0.1) is 6.92 Å². The van der Waals surface area contributed by atoms with Crippen LogP contribution in [0.2, 0.25) is 0 Å². The average molecular weight is 307 g/mol. The maximum atomic E-state index is 12.4. The Balaban J connectivity index is 2.75. The van der Waals surface area contributed by atoms with Crippen molar-refractivity contribution < 1.29 is 9.90 Å². The molecular weight excluding hydrogens is 278 g/mol. The predicted octanol–water partition coefficient (Wildman–Crippen LogP) is 3.08. The van der Waals surface area contributed by atoms with Crippen molar-refractivity contribution in [3.8, 4) is 0 Å². The molecule has 0 fully saturated rings. The molecule has 1 aromatic rings. The molecule has 0 unspecified atom stereocenters. The van der Waals surface area contributed by atoms with E-state index in [0.29, 0.717) is 13.0 Å². The van der Waals surface area contributed by atoms with E-state index in [-0.39, 0.29) is 12.6 Å². The van der Waals surface area contributed by atoms with Crippen LogP contribution in [0.15, 0.2) is 18.2 Å². The minimum atomic E-state index is -0.0948. The number of rotatable bonds is 8. The fourth-order valence-electron chi connectivity index (χ4n) is 2.19. The highest BCUT2D eigenvalue weighted by atomic mass is 16.3. The van der Waals surface area contributed by atoms with Crippen molar-refractivity contribution in [3.63, 3.8) is 0 Å². The van der Waals surface area contributed by atoms with Crippen molar-refractivity contribution in [1.29, 1.82) is 0 Å². The van der Waals surface area contributed by atoms with E-state index in [9.17, 15) is 4.79 Å². The van der Waals surface area contributed by atoms with Crippen LogP contribution in [0.4, 0.5) is 16.2 Å². The van der Waals surface area contributed by atoms with Crippen LogP contribution in [0.3, 0.4) is 0 Å². The molecule has 2 N–H and O–H groups in total. The second kappa shape index (κ2) is 9.30. The number of aryl methyl sites for hydroxylation is 1. The lowest BCUT2D eigenvalue weighted by Crippen LogP contribution is -2.37. The van der Waals surface area contributed by atoms with Crippen molar-refractivity contribution in [2.24, 2.45) is 0 Å². The number of anilines is 2. The molecule has 0 atom stereocenters. The number of carbonyl (C=O) groups excluding carboxylic acids is 1. The average Bonchev–Trinajstić information content (AvgIpc) is 2.49. The quantitative estimate of drug-likeness (QED) is 0.776. The van der Waals surface area contributed by atoms with Gasteiger partial charge in [-0.05, 0) is 43.5 Å². The standard InChI is InChI=1S/C17H29N3O2/c1-5-6-10-20(11-7-12-21)17(22)18-16-9-8-15(19(3)4)13-14(16)2/h8-9,13,21H,5-7,10-12H2,1-4H3,(H,18,22). The van der Waals surface area contributed by atoms with Crippen LogP contribution in [-0.4, -0.2) is 49.8 Å². The first-order valence-electron chi connectivity index (χ1n) is 7.94. The Morgan fingerprint density at radius 2 is 1.91 bits per heavy atom. The van der Waals surface area contributed by atoms with Crippen LogP contribution in [0.25, 0.3) is 0 Å². The van der Waals surface area contributed by atoms with Gasteiger partial charge < -0.3 is 20.2 Å². The Morgan fingerprint density at radius 1 is 1.23 bits per heavy atom. The van der Waals surface area contributed by atoms with Crippen molar-refractivity contribution in [2.75, 3.05) is 44.0 Å². The zero-order valence-electron chi connectivity index (χ0n) is 14.2. The molecule has 0 saturated heterocycles. The van der Waals surface area contributed by atoms with E-state index < -0.39 is 0 Å². The van der Waals surface area contributed by atoms with Gasteiger partial charge in [-0.15, -0.1) is 0 Å². The van der Waals surface area contributed by atoms with Crippen LogP contribution in [-0.2, 0) is 0 Å². The molecule has 0 aliphatic heterocycles. The molecule has 0 aliphatic rings. The topological polar surface area (TPSA) is 55.8 Å². The number of unbranched alkanes of at least 4 members (excludes halogenated alkanes) is 1. The first-order valence-corrected chi connectivity index (χ1v) is 7.94. The summed E-state index contributed by atoms with van der Waals surface area (Å²) >= 11 is 0. The van der Waals surface area contributed by atoms with E-state index in [1.54, 1.807) is 4.90 Å². The summed E-state index contributed by atoms with van der Waals surface area (Å²) in [6, 6.07) is 5.89. The Labute approximate surface area is 133 Å².